The summed E-state index contributed by atoms with van der Waals surface area (Å²) >= 11 is 1.49. The van der Waals surface area contributed by atoms with Gasteiger partial charge in [-0.25, -0.2) is 4.98 Å². The van der Waals surface area contributed by atoms with E-state index in [0.29, 0.717) is 28.4 Å². The number of rotatable bonds is 7. The van der Waals surface area contributed by atoms with Crippen molar-refractivity contribution in [2.75, 3.05) is 0 Å². The van der Waals surface area contributed by atoms with Crippen LogP contribution in [0.5, 0.6) is 0 Å². The zero-order valence-corrected chi connectivity index (χ0v) is 17.4. The summed E-state index contributed by atoms with van der Waals surface area (Å²) in [6.45, 7) is 0.616. The van der Waals surface area contributed by atoms with Gasteiger partial charge in [0.05, 0.1) is 15.8 Å². The molecular formula is C23H23N3O3S. The predicted octanol–water partition coefficient (Wildman–Crippen LogP) is 5.49. The molecule has 0 radical (unpaired) electrons. The number of nitro benzene ring substituents is 1. The number of allylic oxidation sites excluding steroid dienone is 2. The van der Waals surface area contributed by atoms with Gasteiger partial charge in [0, 0.05) is 24.4 Å². The fourth-order valence-corrected chi connectivity index (χ4v) is 4.69. The van der Waals surface area contributed by atoms with Crippen LogP contribution in [0, 0.1) is 10.1 Å². The zero-order chi connectivity index (χ0) is 20.9. The van der Waals surface area contributed by atoms with E-state index in [1.54, 1.807) is 16.7 Å². The van der Waals surface area contributed by atoms with Crippen molar-refractivity contribution in [2.45, 2.75) is 49.6 Å². The molecule has 0 amide bonds. The van der Waals surface area contributed by atoms with Gasteiger partial charge in [0.25, 0.3) is 11.2 Å². The Morgan fingerprint density at radius 3 is 2.63 bits per heavy atom. The molecule has 154 valence electrons. The highest BCUT2D eigenvalue weighted by Crippen LogP contribution is 2.25. The second-order valence-electron chi connectivity index (χ2n) is 7.44. The van der Waals surface area contributed by atoms with Crippen LogP contribution >= 0.6 is 11.8 Å². The average Bonchev–Trinajstić information content (AvgIpc) is 2.78. The summed E-state index contributed by atoms with van der Waals surface area (Å²) < 4.78 is 1.79. The maximum Gasteiger partial charge on any atom is 0.269 e. The Labute approximate surface area is 178 Å². The van der Waals surface area contributed by atoms with Crippen LogP contribution in [-0.2, 0) is 12.3 Å². The smallest absolute Gasteiger partial charge is 0.269 e. The number of non-ortho nitro benzene ring substituents is 1. The van der Waals surface area contributed by atoms with E-state index in [2.05, 4.69) is 6.08 Å². The zero-order valence-electron chi connectivity index (χ0n) is 16.6. The lowest BCUT2D eigenvalue weighted by Gasteiger charge is -2.16. The highest BCUT2D eigenvalue weighted by molar-refractivity contribution is 7.98. The third kappa shape index (κ3) is 4.62. The fourth-order valence-electron chi connectivity index (χ4n) is 3.70. The first-order valence-corrected chi connectivity index (χ1v) is 11.1. The molecule has 0 spiro atoms. The Morgan fingerprint density at radius 2 is 1.90 bits per heavy atom. The highest BCUT2D eigenvalue weighted by Gasteiger charge is 2.13. The summed E-state index contributed by atoms with van der Waals surface area (Å²) in [6, 6.07) is 14.0. The molecule has 1 heterocycles. The standard InChI is InChI=1S/C23H23N3O3S/c27-22-20-8-4-5-9-21(20)24-23(25(22)15-14-17-6-2-1-3-7-17)30-16-18-10-12-19(13-11-18)26(28)29/h4-6,8-13H,1-3,7,14-16H2. The molecule has 30 heavy (non-hydrogen) atoms. The second-order valence-corrected chi connectivity index (χ2v) is 8.38. The molecule has 0 fully saturated rings. The summed E-state index contributed by atoms with van der Waals surface area (Å²) in [4.78, 5) is 28.4. The quantitative estimate of drug-likeness (QED) is 0.166. The first kappa shape index (κ1) is 20.3. The second kappa shape index (κ2) is 9.26. The van der Waals surface area contributed by atoms with E-state index in [1.165, 1.54) is 42.3 Å². The summed E-state index contributed by atoms with van der Waals surface area (Å²) in [7, 11) is 0. The lowest BCUT2D eigenvalue weighted by Crippen LogP contribution is -2.23. The molecule has 1 aliphatic rings. The van der Waals surface area contributed by atoms with Crippen LogP contribution in [0.3, 0.4) is 0 Å². The van der Waals surface area contributed by atoms with Gasteiger partial charge in [0.1, 0.15) is 0 Å². The Morgan fingerprint density at radius 1 is 1.10 bits per heavy atom. The maximum atomic E-state index is 13.2. The first-order valence-electron chi connectivity index (χ1n) is 10.2. The molecule has 1 aromatic heterocycles. The molecule has 0 N–H and O–H groups in total. The molecule has 0 unspecified atom stereocenters. The fraction of sp³-hybridized carbons (Fsp3) is 0.304. The van der Waals surface area contributed by atoms with E-state index < -0.39 is 4.92 Å². The lowest BCUT2D eigenvalue weighted by molar-refractivity contribution is -0.384. The minimum atomic E-state index is -0.403. The van der Waals surface area contributed by atoms with E-state index in [0.717, 1.165) is 24.8 Å². The van der Waals surface area contributed by atoms with Crippen LogP contribution in [-0.4, -0.2) is 14.5 Å². The van der Waals surface area contributed by atoms with Gasteiger partial charge in [-0.05, 0) is 49.8 Å². The van der Waals surface area contributed by atoms with Crippen molar-refractivity contribution in [3.8, 4) is 0 Å². The van der Waals surface area contributed by atoms with E-state index >= 15 is 0 Å². The SMILES string of the molecule is O=c1c2ccccc2nc(SCc2ccc([N+](=O)[O-])cc2)n1CCC1=CCCCC1. The van der Waals surface area contributed by atoms with Gasteiger partial charge >= 0.3 is 0 Å². The van der Waals surface area contributed by atoms with Crippen LogP contribution < -0.4 is 5.56 Å². The van der Waals surface area contributed by atoms with Gasteiger partial charge in [-0.1, -0.05) is 47.7 Å². The Kier molecular flexibility index (Phi) is 6.28. The van der Waals surface area contributed by atoms with Gasteiger partial charge in [-0.2, -0.15) is 0 Å². The van der Waals surface area contributed by atoms with Crippen LogP contribution in [0.4, 0.5) is 5.69 Å². The average molecular weight is 422 g/mol. The molecule has 6 nitrogen and oxygen atoms in total. The molecular weight excluding hydrogens is 398 g/mol. The van der Waals surface area contributed by atoms with Crippen molar-refractivity contribution >= 4 is 28.4 Å². The molecule has 0 aliphatic heterocycles. The monoisotopic (exact) mass is 421 g/mol. The third-order valence-corrected chi connectivity index (χ3v) is 6.43. The summed E-state index contributed by atoms with van der Waals surface area (Å²) in [5, 5.41) is 12.2. The van der Waals surface area contributed by atoms with Crippen molar-refractivity contribution in [2.24, 2.45) is 0 Å². The van der Waals surface area contributed by atoms with Crippen LogP contribution in [0.15, 0.2) is 70.1 Å². The first-order chi connectivity index (χ1) is 14.6. The minimum Gasteiger partial charge on any atom is -0.287 e. The number of fused-ring (bicyclic) bond motifs is 1. The number of para-hydroxylation sites is 1. The van der Waals surface area contributed by atoms with Gasteiger partial charge < -0.3 is 0 Å². The molecule has 3 aromatic rings. The molecule has 0 saturated carbocycles. The van der Waals surface area contributed by atoms with Gasteiger partial charge in [0.2, 0.25) is 0 Å². The Bertz CT molecular complexity index is 1150. The van der Waals surface area contributed by atoms with Gasteiger partial charge in [-0.3, -0.25) is 19.5 Å². The number of aromatic nitrogens is 2. The number of thioether (sulfide) groups is 1. The van der Waals surface area contributed by atoms with Gasteiger partial charge in [-0.15, -0.1) is 0 Å². The van der Waals surface area contributed by atoms with E-state index in [-0.39, 0.29) is 11.2 Å². The Hall–Kier alpha value is -2.93. The molecule has 4 rings (SSSR count). The Balaban J connectivity index is 1.60. The third-order valence-electron chi connectivity index (χ3n) is 5.38. The molecule has 0 saturated heterocycles. The molecule has 0 bridgehead atoms. The predicted molar refractivity (Wildman–Crippen MR) is 120 cm³/mol. The van der Waals surface area contributed by atoms with Gasteiger partial charge in [0.15, 0.2) is 5.16 Å². The van der Waals surface area contributed by atoms with Crippen LogP contribution in [0.2, 0.25) is 0 Å². The van der Waals surface area contributed by atoms with E-state index in [9.17, 15) is 14.9 Å². The number of hydrogen-bond donors (Lipinski definition) is 0. The largest absolute Gasteiger partial charge is 0.287 e. The van der Waals surface area contributed by atoms with Crippen molar-refractivity contribution in [1.29, 1.82) is 0 Å². The molecule has 2 aromatic carbocycles. The van der Waals surface area contributed by atoms with E-state index in [4.69, 9.17) is 4.98 Å². The van der Waals surface area contributed by atoms with Crippen molar-refractivity contribution in [3.05, 3.63) is 86.2 Å². The van der Waals surface area contributed by atoms with Crippen LogP contribution in [0.1, 0.15) is 37.7 Å². The highest BCUT2D eigenvalue weighted by atomic mass is 32.2. The topological polar surface area (TPSA) is 78.0 Å². The van der Waals surface area contributed by atoms with Crippen molar-refractivity contribution in [1.82, 2.24) is 9.55 Å². The minimum absolute atomic E-state index is 0.0109. The molecule has 0 atom stereocenters. The van der Waals surface area contributed by atoms with Crippen molar-refractivity contribution < 1.29 is 4.92 Å². The summed E-state index contributed by atoms with van der Waals surface area (Å²) in [5.41, 5.74) is 3.14. The number of benzene rings is 2. The molecule has 7 heteroatoms. The number of nitro groups is 1. The number of hydrogen-bond acceptors (Lipinski definition) is 5. The normalized spacial score (nSPS) is 13.9. The lowest BCUT2D eigenvalue weighted by atomic mass is 9.97. The number of nitrogens with zero attached hydrogens (tertiary/aromatic N) is 3. The maximum absolute atomic E-state index is 13.2. The summed E-state index contributed by atoms with van der Waals surface area (Å²) in [5.74, 6) is 0.589. The molecule has 1 aliphatic carbocycles. The van der Waals surface area contributed by atoms with E-state index in [1.807, 2.05) is 24.3 Å². The van der Waals surface area contributed by atoms with Crippen LogP contribution in [0.25, 0.3) is 10.9 Å². The summed E-state index contributed by atoms with van der Waals surface area (Å²) in [6.07, 6.45) is 7.89. The van der Waals surface area contributed by atoms with Crippen molar-refractivity contribution in [3.63, 3.8) is 0 Å².